The summed E-state index contributed by atoms with van der Waals surface area (Å²) in [5, 5.41) is 10.7. The Hall–Kier alpha value is -1.71. The van der Waals surface area contributed by atoms with Gasteiger partial charge in [0.1, 0.15) is 4.90 Å². The number of nitro benzene ring substituents is 1. The van der Waals surface area contributed by atoms with E-state index in [1.165, 1.54) is 12.1 Å². The minimum absolute atomic E-state index is 0.113. The summed E-state index contributed by atoms with van der Waals surface area (Å²) < 4.78 is 26.9. The minimum Gasteiger partial charge on any atom is -0.323 e. The first-order valence-corrected chi connectivity index (χ1v) is 7.05. The van der Waals surface area contributed by atoms with Gasteiger partial charge in [0.2, 0.25) is 10.0 Å². The van der Waals surface area contributed by atoms with Gasteiger partial charge in [0.15, 0.2) is 0 Å². The molecule has 0 heterocycles. The van der Waals surface area contributed by atoms with Crippen LogP contribution in [0.5, 0.6) is 0 Å². The molecule has 0 bridgehead atoms. The number of benzene rings is 1. The molecule has 1 aliphatic carbocycles. The Kier molecular flexibility index (Phi) is 3.20. The van der Waals surface area contributed by atoms with E-state index in [1.54, 1.807) is 6.92 Å². The number of nitro groups is 1. The topological polar surface area (TPSA) is 127 Å². The van der Waals surface area contributed by atoms with E-state index >= 15 is 0 Å². The van der Waals surface area contributed by atoms with Crippen LogP contribution in [0.25, 0.3) is 0 Å². The zero-order valence-electron chi connectivity index (χ0n) is 10.2. The lowest BCUT2D eigenvalue weighted by atomic mass is 10.3. The Labute approximate surface area is 110 Å². The molecule has 0 spiro atoms. The van der Waals surface area contributed by atoms with Crippen molar-refractivity contribution in [2.45, 2.75) is 30.2 Å². The molecule has 0 aliphatic heterocycles. The standard InChI is InChI=1S/C10H14N4O4S/c1-10(4-5-10)13-19(17,18)9-6-7(14(15)16)2-3-8(9)12-11/h2-3,6,12-13H,4-5,11H2,1H3. The maximum Gasteiger partial charge on any atom is 0.270 e. The first-order chi connectivity index (χ1) is 8.77. The molecule has 0 atom stereocenters. The number of rotatable bonds is 5. The zero-order chi connectivity index (χ0) is 14.3. The molecular weight excluding hydrogens is 272 g/mol. The second-order valence-electron chi connectivity index (χ2n) is 4.75. The van der Waals surface area contributed by atoms with Gasteiger partial charge in [-0.25, -0.2) is 13.1 Å². The van der Waals surface area contributed by atoms with Gasteiger partial charge in [0.05, 0.1) is 10.6 Å². The lowest BCUT2D eigenvalue weighted by Gasteiger charge is -2.14. The summed E-state index contributed by atoms with van der Waals surface area (Å²) in [6, 6.07) is 3.44. The van der Waals surface area contributed by atoms with Gasteiger partial charge in [-0.1, -0.05) is 0 Å². The number of nitrogens with one attached hydrogen (secondary N) is 2. The highest BCUT2D eigenvalue weighted by molar-refractivity contribution is 7.89. The van der Waals surface area contributed by atoms with Gasteiger partial charge in [-0.3, -0.25) is 16.0 Å². The maximum absolute atomic E-state index is 12.2. The van der Waals surface area contributed by atoms with E-state index in [0.29, 0.717) is 0 Å². The number of hydrogen-bond acceptors (Lipinski definition) is 6. The van der Waals surface area contributed by atoms with E-state index in [9.17, 15) is 18.5 Å². The highest BCUT2D eigenvalue weighted by Gasteiger charge is 2.42. The van der Waals surface area contributed by atoms with Crippen molar-refractivity contribution in [2.24, 2.45) is 5.84 Å². The summed E-state index contributed by atoms with van der Waals surface area (Å²) in [6.45, 7) is 1.78. The molecule has 104 valence electrons. The third-order valence-electron chi connectivity index (χ3n) is 3.00. The first kappa shape index (κ1) is 13.7. The Morgan fingerprint density at radius 3 is 2.53 bits per heavy atom. The quantitative estimate of drug-likeness (QED) is 0.415. The molecule has 1 saturated carbocycles. The average Bonchev–Trinajstić information content (AvgIpc) is 3.04. The molecule has 9 heteroatoms. The van der Waals surface area contributed by atoms with Gasteiger partial charge in [-0.2, -0.15) is 0 Å². The van der Waals surface area contributed by atoms with Crippen LogP contribution in [-0.2, 0) is 10.0 Å². The molecule has 1 aromatic rings. The SMILES string of the molecule is CC1(NS(=O)(=O)c2cc([N+](=O)[O-])ccc2NN)CC1. The fraction of sp³-hybridized carbons (Fsp3) is 0.400. The van der Waals surface area contributed by atoms with Crippen LogP contribution in [0.15, 0.2) is 23.1 Å². The van der Waals surface area contributed by atoms with Gasteiger partial charge in [-0.15, -0.1) is 0 Å². The van der Waals surface area contributed by atoms with Crippen LogP contribution in [0, 0.1) is 10.1 Å². The second-order valence-corrected chi connectivity index (χ2v) is 6.40. The highest BCUT2D eigenvalue weighted by Crippen LogP contribution is 2.37. The van der Waals surface area contributed by atoms with Crippen LogP contribution in [0.3, 0.4) is 0 Å². The van der Waals surface area contributed by atoms with Gasteiger partial charge >= 0.3 is 0 Å². The van der Waals surface area contributed by atoms with Crippen molar-refractivity contribution in [3.63, 3.8) is 0 Å². The molecule has 8 nitrogen and oxygen atoms in total. The monoisotopic (exact) mass is 286 g/mol. The Morgan fingerprint density at radius 1 is 1.42 bits per heavy atom. The Balaban J connectivity index is 2.46. The van der Waals surface area contributed by atoms with Crippen LogP contribution >= 0.6 is 0 Å². The molecular formula is C10H14N4O4S. The molecule has 1 aliphatic rings. The minimum atomic E-state index is -3.85. The van der Waals surface area contributed by atoms with E-state index in [2.05, 4.69) is 10.1 Å². The van der Waals surface area contributed by atoms with Gasteiger partial charge in [0, 0.05) is 17.7 Å². The van der Waals surface area contributed by atoms with Crippen LogP contribution in [-0.4, -0.2) is 18.9 Å². The number of nitrogens with zero attached hydrogens (tertiary/aromatic N) is 1. The van der Waals surface area contributed by atoms with Crippen molar-refractivity contribution >= 4 is 21.4 Å². The summed E-state index contributed by atoms with van der Waals surface area (Å²) in [7, 11) is -3.85. The molecule has 4 N–H and O–H groups in total. The average molecular weight is 286 g/mol. The van der Waals surface area contributed by atoms with E-state index in [1.807, 2.05) is 0 Å². The number of anilines is 1. The van der Waals surface area contributed by atoms with E-state index in [0.717, 1.165) is 18.9 Å². The number of hydrogen-bond donors (Lipinski definition) is 3. The van der Waals surface area contributed by atoms with Crippen LogP contribution in [0.1, 0.15) is 19.8 Å². The van der Waals surface area contributed by atoms with Gasteiger partial charge in [0.25, 0.3) is 5.69 Å². The Morgan fingerprint density at radius 2 is 2.05 bits per heavy atom. The van der Waals surface area contributed by atoms with Crippen molar-refractivity contribution in [1.82, 2.24) is 4.72 Å². The van der Waals surface area contributed by atoms with Crippen molar-refractivity contribution in [2.75, 3.05) is 5.43 Å². The van der Waals surface area contributed by atoms with Crippen LogP contribution in [0.4, 0.5) is 11.4 Å². The van der Waals surface area contributed by atoms with Gasteiger partial charge in [-0.05, 0) is 25.8 Å². The molecule has 1 aromatic carbocycles. The third-order valence-corrected chi connectivity index (χ3v) is 4.68. The predicted molar refractivity (Wildman–Crippen MR) is 68.9 cm³/mol. The normalized spacial score (nSPS) is 16.9. The zero-order valence-corrected chi connectivity index (χ0v) is 11.0. The molecule has 1 fully saturated rings. The van der Waals surface area contributed by atoms with E-state index in [-0.39, 0.29) is 16.3 Å². The number of nitrogens with two attached hydrogens (primary N) is 1. The number of nitrogen functional groups attached to an aromatic ring is 1. The third kappa shape index (κ3) is 2.83. The molecule has 0 saturated heterocycles. The van der Waals surface area contributed by atoms with Crippen molar-refractivity contribution in [3.05, 3.63) is 28.3 Å². The van der Waals surface area contributed by atoms with Crippen LogP contribution in [0.2, 0.25) is 0 Å². The molecule has 2 rings (SSSR count). The maximum atomic E-state index is 12.2. The Bertz CT molecular complexity index is 624. The smallest absolute Gasteiger partial charge is 0.270 e. The van der Waals surface area contributed by atoms with Crippen molar-refractivity contribution in [3.8, 4) is 0 Å². The second kappa shape index (κ2) is 4.44. The largest absolute Gasteiger partial charge is 0.323 e. The first-order valence-electron chi connectivity index (χ1n) is 5.56. The summed E-state index contributed by atoms with van der Waals surface area (Å²) in [4.78, 5) is 9.84. The van der Waals surface area contributed by atoms with Crippen molar-refractivity contribution < 1.29 is 13.3 Å². The molecule has 0 amide bonds. The summed E-state index contributed by atoms with van der Waals surface area (Å²) >= 11 is 0. The molecule has 19 heavy (non-hydrogen) atoms. The fourth-order valence-corrected chi connectivity index (χ4v) is 3.29. The van der Waals surface area contributed by atoms with Crippen LogP contribution < -0.4 is 16.0 Å². The highest BCUT2D eigenvalue weighted by atomic mass is 32.2. The van der Waals surface area contributed by atoms with E-state index < -0.39 is 20.5 Å². The molecule has 0 aromatic heterocycles. The predicted octanol–water partition coefficient (Wildman–Crippen LogP) is 0.711. The number of hydrazine groups is 1. The number of non-ortho nitro benzene ring substituents is 1. The summed E-state index contributed by atoms with van der Waals surface area (Å²) in [5.74, 6) is 5.24. The van der Waals surface area contributed by atoms with E-state index in [4.69, 9.17) is 5.84 Å². The summed E-state index contributed by atoms with van der Waals surface area (Å²) in [5.41, 5.74) is 1.58. The summed E-state index contributed by atoms with van der Waals surface area (Å²) in [6.07, 6.45) is 1.49. The lowest BCUT2D eigenvalue weighted by Crippen LogP contribution is -2.34. The molecule has 0 unspecified atom stereocenters. The van der Waals surface area contributed by atoms with Gasteiger partial charge < -0.3 is 5.43 Å². The fourth-order valence-electron chi connectivity index (χ4n) is 1.64. The molecule has 0 radical (unpaired) electrons. The van der Waals surface area contributed by atoms with Crippen molar-refractivity contribution in [1.29, 1.82) is 0 Å². The number of sulfonamides is 1. The lowest BCUT2D eigenvalue weighted by molar-refractivity contribution is -0.385.